The van der Waals surface area contributed by atoms with Crippen molar-refractivity contribution in [3.8, 4) is 0 Å². The predicted molar refractivity (Wildman–Crippen MR) is 144 cm³/mol. The molecule has 0 aromatic carbocycles. The van der Waals surface area contributed by atoms with Gasteiger partial charge in [-0.05, 0) is 24.8 Å². The fourth-order valence-electron chi connectivity index (χ4n) is 3.85. The summed E-state index contributed by atoms with van der Waals surface area (Å²) in [5, 5.41) is 0. The number of ether oxygens (including phenoxy) is 2. The van der Waals surface area contributed by atoms with Gasteiger partial charge in [-0.25, -0.2) is 0 Å². The van der Waals surface area contributed by atoms with E-state index in [9.17, 15) is 14.4 Å². The van der Waals surface area contributed by atoms with Gasteiger partial charge in [-0.1, -0.05) is 68.9 Å². The molecule has 36 heavy (non-hydrogen) atoms. The van der Waals surface area contributed by atoms with Crippen LogP contribution in [0.4, 0.5) is 0 Å². The maximum atomic E-state index is 12.6. The van der Waals surface area contributed by atoms with Crippen LogP contribution in [0.25, 0.3) is 0 Å². The van der Waals surface area contributed by atoms with E-state index in [1.807, 2.05) is 6.08 Å². The van der Waals surface area contributed by atoms with Gasteiger partial charge in [0.2, 0.25) is 5.91 Å². The van der Waals surface area contributed by atoms with Crippen molar-refractivity contribution in [1.29, 1.82) is 0 Å². The number of imide groups is 1. The molecule has 1 heterocycles. The van der Waals surface area contributed by atoms with E-state index in [0.717, 1.165) is 23.3 Å². The topological polar surface area (TPSA) is 76.2 Å². The Morgan fingerprint density at radius 1 is 1.19 bits per heavy atom. The molecule has 0 unspecified atom stereocenters. The fourth-order valence-corrected chi connectivity index (χ4v) is 4.00. The molecule has 202 valence electrons. The predicted octanol–water partition coefficient (Wildman–Crippen LogP) is 5.51. The lowest BCUT2D eigenvalue weighted by Gasteiger charge is -2.19. The Hall–Kier alpha value is -2.38. The molecule has 3 amide bonds. The lowest BCUT2D eigenvalue weighted by Crippen LogP contribution is -2.31. The zero-order valence-corrected chi connectivity index (χ0v) is 23.1. The summed E-state index contributed by atoms with van der Waals surface area (Å²) in [6.45, 7) is 2.78. The fraction of sp³-hybridized carbons (Fsp3) is 0.607. The van der Waals surface area contributed by atoms with Gasteiger partial charge >= 0.3 is 0 Å². The molecule has 0 radical (unpaired) electrons. The normalized spacial score (nSPS) is 15.1. The molecular formula is C28H43ClN2O5. The molecule has 0 fully saturated rings. The third-order valence-corrected chi connectivity index (χ3v) is 6.41. The number of likely N-dealkylation sites (N-methyl/N-ethyl adjacent to an activating group) is 1. The number of amides is 3. The van der Waals surface area contributed by atoms with E-state index in [1.165, 1.54) is 56.9 Å². The number of unbranched alkanes of at least 4 members (excludes halogenated alkanes) is 4. The molecule has 0 N–H and O–H groups in total. The standard InChI is InChI=1S/C28H43ClN2O5/c1-5-6-7-8-10-14-24(35-3)15-11-9-12-16-26(32)30(2)22-23(21-29)19-25(36-4)20-28(34)31-18-13-17-27(31)33/h9,11,13,17,20-21,24H,5-8,10,12,14-16,18-19,22H2,1-4H3/b11-9+,23-21+,25-20+/t24-/m0/s1. The number of rotatable bonds is 18. The molecule has 0 bridgehead atoms. The van der Waals surface area contributed by atoms with Crippen molar-refractivity contribution < 1.29 is 23.9 Å². The SMILES string of the molecule is CCCCCCC[C@@H](C/C=C/CCC(=O)N(C)C/C(=C/Cl)C/C(=C\C(=O)N1CC=CC1=O)OC)OC. The second kappa shape index (κ2) is 18.8. The van der Waals surface area contributed by atoms with Gasteiger partial charge in [-0.3, -0.25) is 19.3 Å². The molecule has 0 saturated carbocycles. The zero-order valence-electron chi connectivity index (χ0n) is 22.3. The largest absolute Gasteiger partial charge is 0.501 e. The van der Waals surface area contributed by atoms with Gasteiger partial charge in [0.15, 0.2) is 0 Å². The average Bonchev–Trinajstić information content (AvgIpc) is 3.31. The highest BCUT2D eigenvalue weighted by Crippen LogP contribution is 2.16. The van der Waals surface area contributed by atoms with Gasteiger partial charge in [0, 0.05) is 57.8 Å². The first-order chi connectivity index (χ1) is 17.4. The number of allylic oxidation sites excluding steroid dienone is 2. The van der Waals surface area contributed by atoms with Crippen LogP contribution in [0.2, 0.25) is 0 Å². The van der Waals surface area contributed by atoms with Gasteiger partial charge in [0.1, 0.15) is 5.76 Å². The number of hydrogen-bond donors (Lipinski definition) is 0. The van der Waals surface area contributed by atoms with Crippen LogP contribution >= 0.6 is 11.6 Å². The second-order valence-corrected chi connectivity index (χ2v) is 9.22. The van der Waals surface area contributed by atoms with Crippen molar-refractivity contribution in [1.82, 2.24) is 9.80 Å². The Balaban J connectivity index is 2.42. The third-order valence-electron chi connectivity index (χ3n) is 6.10. The number of nitrogens with zero attached hydrogens (tertiary/aromatic N) is 2. The maximum Gasteiger partial charge on any atom is 0.257 e. The van der Waals surface area contributed by atoms with E-state index in [4.69, 9.17) is 21.1 Å². The Morgan fingerprint density at radius 2 is 1.94 bits per heavy atom. The van der Waals surface area contributed by atoms with E-state index in [2.05, 4.69) is 13.0 Å². The summed E-state index contributed by atoms with van der Waals surface area (Å²) in [6.07, 6.45) is 18.2. The second-order valence-electron chi connectivity index (χ2n) is 9.00. The monoisotopic (exact) mass is 522 g/mol. The molecule has 0 aromatic heterocycles. The Bertz CT molecular complexity index is 819. The number of carbonyl (C=O) groups excluding carboxylic acids is 3. The van der Waals surface area contributed by atoms with Crippen molar-refractivity contribution in [2.24, 2.45) is 0 Å². The Labute approximate surface area is 221 Å². The molecule has 1 rings (SSSR count). The van der Waals surface area contributed by atoms with Crippen molar-refractivity contribution in [3.05, 3.63) is 47.2 Å². The first-order valence-electron chi connectivity index (χ1n) is 12.8. The minimum Gasteiger partial charge on any atom is -0.501 e. The molecule has 0 aliphatic carbocycles. The van der Waals surface area contributed by atoms with Crippen molar-refractivity contribution in [2.75, 3.05) is 34.4 Å². The lowest BCUT2D eigenvalue weighted by atomic mass is 10.1. The van der Waals surface area contributed by atoms with Gasteiger partial charge in [-0.15, -0.1) is 0 Å². The number of carbonyl (C=O) groups is 3. The summed E-state index contributed by atoms with van der Waals surface area (Å²) >= 11 is 5.99. The van der Waals surface area contributed by atoms with E-state index in [1.54, 1.807) is 25.1 Å². The van der Waals surface area contributed by atoms with Gasteiger partial charge < -0.3 is 14.4 Å². The average molecular weight is 523 g/mol. The highest BCUT2D eigenvalue weighted by molar-refractivity contribution is 6.25. The molecule has 0 saturated heterocycles. The highest BCUT2D eigenvalue weighted by Gasteiger charge is 2.21. The van der Waals surface area contributed by atoms with E-state index in [-0.39, 0.29) is 30.9 Å². The van der Waals surface area contributed by atoms with Crippen LogP contribution in [0.15, 0.2) is 47.2 Å². The molecule has 1 atom stereocenters. The van der Waals surface area contributed by atoms with Crippen LogP contribution < -0.4 is 0 Å². The summed E-state index contributed by atoms with van der Waals surface area (Å²) in [5.74, 6) is -0.422. The van der Waals surface area contributed by atoms with Crippen LogP contribution in [0.1, 0.15) is 71.1 Å². The molecular weight excluding hydrogens is 480 g/mol. The minimum atomic E-state index is -0.445. The van der Waals surface area contributed by atoms with Crippen LogP contribution in [0, 0.1) is 0 Å². The van der Waals surface area contributed by atoms with Crippen LogP contribution in [-0.2, 0) is 23.9 Å². The smallest absolute Gasteiger partial charge is 0.257 e. The van der Waals surface area contributed by atoms with Crippen molar-refractivity contribution >= 4 is 29.3 Å². The molecule has 0 aromatic rings. The van der Waals surface area contributed by atoms with E-state index >= 15 is 0 Å². The minimum absolute atomic E-state index is 0.00245. The zero-order chi connectivity index (χ0) is 26.8. The number of halogens is 1. The summed E-state index contributed by atoms with van der Waals surface area (Å²) in [5.41, 5.74) is 2.12. The van der Waals surface area contributed by atoms with Gasteiger partial charge in [0.25, 0.3) is 11.8 Å². The Morgan fingerprint density at radius 3 is 2.56 bits per heavy atom. The summed E-state index contributed by atoms with van der Waals surface area (Å²) < 4.78 is 10.9. The molecule has 1 aliphatic rings. The molecule has 0 spiro atoms. The van der Waals surface area contributed by atoms with Crippen LogP contribution in [0.3, 0.4) is 0 Å². The Kier molecular flexibility index (Phi) is 16.6. The number of hydrogen-bond acceptors (Lipinski definition) is 5. The third kappa shape index (κ3) is 12.5. The van der Waals surface area contributed by atoms with E-state index in [0.29, 0.717) is 25.1 Å². The number of methoxy groups -OCH3 is 2. The lowest BCUT2D eigenvalue weighted by molar-refractivity contribution is -0.137. The summed E-state index contributed by atoms with van der Waals surface area (Å²) in [7, 11) is 4.94. The van der Waals surface area contributed by atoms with E-state index < -0.39 is 5.91 Å². The van der Waals surface area contributed by atoms with Crippen LogP contribution in [-0.4, -0.2) is 68.0 Å². The van der Waals surface area contributed by atoms with Gasteiger partial charge in [0.05, 0.1) is 13.2 Å². The maximum absolute atomic E-state index is 12.6. The summed E-state index contributed by atoms with van der Waals surface area (Å²) in [4.78, 5) is 39.3. The molecule has 1 aliphatic heterocycles. The highest BCUT2D eigenvalue weighted by atomic mass is 35.5. The van der Waals surface area contributed by atoms with Gasteiger partial charge in [-0.2, -0.15) is 0 Å². The quantitative estimate of drug-likeness (QED) is 0.103. The molecule has 7 nitrogen and oxygen atoms in total. The first-order valence-corrected chi connectivity index (χ1v) is 13.3. The summed E-state index contributed by atoms with van der Waals surface area (Å²) in [6, 6.07) is 0. The van der Waals surface area contributed by atoms with Crippen molar-refractivity contribution in [2.45, 2.75) is 77.2 Å². The first kappa shape index (κ1) is 31.6. The molecule has 8 heteroatoms. The van der Waals surface area contributed by atoms with Crippen LogP contribution in [0.5, 0.6) is 0 Å². The van der Waals surface area contributed by atoms with Crippen molar-refractivity contribution in [3.63, 3.8) is 0 Å².